The first kappa shape index (κ1) is 66.4. The average molecular weight is 1130 g/mol. The summed E-state index contributed by atoms with van der Waals surface area (Å²) in [5.74, 6) is -0.241. The second kappa shape index (κ2) is 29.4. The third-order valence-electron chi connectivity index (χ3n) is 17.3. The van der Waals surface area contributed by atoms with Gasteiger partial charge in [-0.3, -0.25) is 29.4 Å². The molecule has 1 saturated carbocycles. The van der Waals surface area contributed by atoms with E-state index < -0.39 is 0 Å². The molecule has 1 aliphatic carbocycles. The van der Waals surface area contributed by atoms with E-state index in [1.807, 2.05) is 45.0 Å². The van der Waals surface area contributed by atoms with Crippen LogP contribution < -0.4 is 0 Å². The highest BCUT2D eigenvalue weighted by atomic mass is 19.1. The standard InChI is InChI=1S/C18H27FN2.C18H29FN2.C17H27FN2.C16H25FN2/c1-18(2,3)15-5-4-14(17(19)12-15)13-20-8-10-21(11-9-20)16-6-7-16;1-14(2)21-10-8-20(9-11-21)13-15-6-7-16(12-17(15)19)18(3,4)5;1-5-19-8-10-20(11-9-19)13-14-6-7-15(12-16(14)18)17(2,3)4;1-16(2,3)14-6-5-13(11-15(14)17)12-19-9-7-18(4)8-10-19/h4-5,12,16H,6-11,13H2,1-3H3;6-7,12,14H,8-11,13H2,1-5H3;6-7,12H,5,8-11,13H2,1-4H3;5-6,11H,7-10,12H2,1-4H3. The molecule has 12 heteroatoms. The minimum Gasteiger partial charge on any atom is -0.304 e. The maximum Gasteiger partial charge on any atom is 0.127 e. The quantitative estimate of drug-likeness (QED) is 0.137. The molecule has 0 bridgehead atoms. The Kier molecular flexibility index (Phi) is 24.1. The van der Waals surface area contributed by atoms with Gasteiger partial charge >= 0.3 is 0 Å². The second-order valence-corrected chi connectivity index (χ2v) is 28.5. The average Bonchev–Trinajstić information content (AvgIpc) is 4.26. The SMILES string of the molecule is CC(C)(C)c1ccc(CN2CCN(C3CC3)CC2)c(F)c1.CC(C)N1CCN(Cc2ccc(C(C)(C)C)cc2F)CC1.CCN1CCN(Cc2ccc(C(C)(C)C)cc2F)CC1.CN1CCN(Cc2ccc(C(C)(C)C)c(F)c2)CC1. The minimum atomic E-state index is -0.129. The molecule has 0 spiro atoms. The molecule has 0 unspecified atom stereocenters. The number of benzene rings is 4. The highest BCUT2D eigenvalue weighted by Gasteiger charge is 2.32. The molecule has 4 aromatic rings. The molecule has 8 nitrogen and oxygen atoms in total. The van der Waals surface area contributed by atoms with Gasteiger partial charge in [0, 0.05) is 160 Å². The van der Waals surface area contributed by atoms with Crippen LogP contribution in [0.3, 0.4) is 0 Å². The molecule has 81 heavy (non-hydrogen) atoms. The Morgan fingerprint density at radius 2 is 0.765 bits per heavy atom. The fraction of sp³-hybridized carbons (Fsp3) is 0.652. The van der Waals surface area contributed by atoms with Crippen molar-refractivity contribution >= 4 is 0 Å². The third-order valence-corrected chi connectivity index (χ3v) is 17.3. The first-order valence-electron chi connectivity index (χ1n) is 30.9. The monoisotopic (exact) mass is 1120 g/mol. The normalized spacial score (nSPS) is 19.4. The van der Waals surface area contributed by atoms with Gasteiger partial charge in [0.1, 0.15) is 23.3 Å². The van der Waals surface area contributed by atoms with Gasteiger partial charge in [-0.15, -0.1) is 0 Å². The van der Waals surface area contributed by atoms with Gasteiger partial charge in [-0.25, -0.2) is 17.6 Å². The van der Waals surface area contributed by atoms with E-state index in [1.165, 1.54) is 12.8 Å². The van der Waals surface area contributed by atoms with E-state index in [1.54, 1.807) is 24.3 Å². The summed E-state index contributed by atoms with van der Waals surface area (Å²) in [6.07, 6.45) is 2.76. The molecule has 4 aliphatic heterocycles. The molecule has 5 aliphatic rings. The molecule has 0 atom stereocenters. The van der Waals surface area contributed by atoms with Crippen molar-refractivity contribution in [1.82, 2.24) is 39.2 Å². The first-order chi connectivity index (χ1) is 38.0. The molecule has 0 N–H and O–H groups in total. The number of piperazine rings is 4. The molecule has 4 aromatic carbocycles. The van der Waals surface area contributed by atoms with Crippen molar-refractivity contribution in [3.05, 3.63) is 141 Å². The number of halogens is 4. The van der Waals surface area contributed by atoms with Gasteiger partial charge in [-0.05, 0) is 114 Å². The van der Waals surface area contributed by atoms with Gasteiger partial charge in [-0.2, -0.15) is 0 Å². The lowest BCUT2D eigenvalue weighted by atomic mass is 9.86. The summed E-state index contributed by atoms with van der Waals surface area (Å²) in [6.45, 7) is 53.3. The highest BCUT2D eigenvalue weighted by Crippen LogP contribution is 2.31. The van der Waals surface area contributed by atoms with Gasteiger partial charge in [0.05, 0.1) is 0 Å². The zero-order valence-electron chi connectivity index (χ0n) is 53.4. The number of nitrogens with zero attached hydrogens (tertiary/aromatic N) is 8. The maximum atomic E-state index is 14.3. The summed E-state index contributed by atoms with van der Waals surface area (Å²) in [6, 6.07) is 24.4. The smallest absolute Gasteiger partial charge is 0.127 e. The van der Waals surface area contributed by atoms with E-state index >= 15 is 0 Å². The summed E-state index contributed by atoms with van der Waals surface area (Å²) in [4.78, 5) is 19.3. The summed E-state index contributed by atoms with van der Waals surface area (Å²) < 4.78 is 57.0. The Bertz CT molecular complexity index is 2450. The molecular weight excluding hydrogens is 1020 g/mol. The Balaban J connectivity index is 0.000000174. The Morgan fingerprint density at radius 1 is 0.407 bits per heavy atom. The molecule has 4 heterocycles. The number of likely N-dealkylation sites (N-methyl/N-ethyl adjacent to an activating group) is 2. The molecule has 5 fully saturated rings. The van der Waals surface area contributed by atoms with E-state index in [-0.39, 0.29) is 44.9 Å². The van der Waals surface area contributed by atoms with Crippen LogP contribution in [0.25, 0.3) is 0 Å². The van der Waals surface area contributed by atoms with E-state index in [0.29, 0.717) is 6.04 Å². The van der Waals surface area contributed by atoms with E-state index in [2.05, 4.69) is 154 Å². The lowest BCUT2D eigenvalue weighted by molar-refractivity contribution is 0.103. The predicted molar refractivity (Wildman–Crippen MR) is 332 cm³/mol. The Labute approximate surface area is 490 Å². The van der Waals surface area contributed by atoms with Gasteiger partial charge in [-0.1, -0.05) is 139 Å². The molecule has 0 aromatic heterocycles. The Morgan fingerprint density at radius 3 is 1.10 bits per heavy atom. The molecule has 0 amide bonds. The fourth-order valence-electron chi connectivity index (χ4n) is 11.1. The molecule has 9 rings (SSSR count). The predicted octanol–water partition coefficient (Wildman–Crippen LogP) is 13.2. The number of hydrogen-bond acceptors (Lipinski definition) is 8. The van der Waals surface area contributed by atoms with Crippen molar-refractivity contribution in [2.75, 3.05) is 118 Å². The highest BCUT2D eigenvalue weighted by molar-refractivity contribution is 5.32. The third kappa shape index (κ3) is 21.1. The van der Waals surface area contributed by atoms with Crippen molar-refractivity contribution in [1.29, 1.82) is 0 Å². The second-order valence-electron chi connectivity index (χ2n) is 28.5. The molecule has 4 saturated heterocycles. The van der Waals surface area contributed by atoms with Crippen LogP contribution in [0.2, 0.25) is 0 Å². The first-order valence-corrected chi connectivity index (χ1v) is 30.9. The number of hydrogen-bond donors (Lipinski definition) is 0. The molecule has 452 valence electrons. The summed E-state index contributed by atoms with van der Waals surface area (Å²) in [5, 5.41) is 0. The van der Waals surface area contributed by atoms with Crippen molar-refractivity contribution in [2.24, 2.45) is 0 Å². The zero-order valence-corrected chi connectivity index (χ0v) is 53.4. The lowest BCUT2D eigenvalue weighted by Crippen LogP contribution is -2.48. The molecular formula is C69H108F4N8. The lowest BCUT2D eigenvalue weighted by Gasteiger charge is -2.37. The van der Waals surface area contributed by atoms with Crippen LogP contribution in [0.5, 0.6) is 0 Å². The van der Waals surface area contributed by atoms with Crippen LogP contribution in [0.15, 0.2) is 72.8 Å². The summed E-state index contributed by atoms with van der Waals surface area (Å²) in [5.41, 5.74) is 7.45. The topological polar surface area (TPSA) is 25.9 Å². The van der Waals surface area contributed by atoms with Gasteiger partial charge < -0.3 is 9.80 Å². The van der Waals surface area contributed by atoms with Crippen LogP contribution >= 0.6 is 0 Å². The van der Waals surface area contributed by atoms with Crippen LogP contribution in [0.4, 0.5) is 17.6 Å². The summed E-state index contributed by atoms with van der Waals surface area (Å²) >= 11 is 0. The van der Waals surface area contributed by atoms with Crippen molar-refractivity contribution in [3.63, 3.8) is 0 Å². The van der Waals surface area contributed by atoms with Crippen molar-refractivity contribution in [3.8, 4) is 0 Å². The van der Waals surface area contributed by atoms with E-state index in [9.17, 15) is 17.6 Å². The van der Waals surface area contributed by atoms with Crippen LogP contribution in [-0.2, 0) is 47.8 Å². The maximum absolute atomic E-state index is 14.3. The van der Waals surface area contributed by atoms with Crippen molar-refractivity contribution in [2.45, 2.75) is 177 Å². The Hall–Kier alpha value is -3.72. The van der Waals surface area contributed by atoms with Gasteiger partial charge in [0.25, 0.3) is 0 Å². The number of rotatable bonds is 11. The fourth-order valence-corrected chi connectivity index (χ4v) is 11.1. The van der Waals surface area contributed by atoms with Crippen LogP contribution in [0, 0.1) is 23.3 Å². The van der Waals surface area contributed by atoms with Gasteiger partial charge in [0.2, 0.25) is 0 Å². The molecule has 0 radical (unpaired) electrons. The largest absolute Gasteiger partial charge is 0.304 e. The van der Waals surface area contributed by atoms with Crippen LogP contribution in [-0.4, -0.2) is 170 Å². The van der Waals surface area contributed by atoms with E-state index in [0.717, 1.165) is 188 Å². The van der Waals surface area contributed by atoms with Gasteiger partial charge in [0.15, 0.2) is 0 Å². The van der Waals surface area contributed by atoms with Crippen LogP contribution in [0.1, 0.15) is 161 Å². The summed E-state index contributed by atoms with van der Waals surface area (Å²) in [7, 11) is 2.15. The minimum absolute atomic E-state index is 0.00224. The van der Waals surface area contributed by atoms with E-state index in [4.69, 9.17) is 0 Å². The zero-order chi connectivity index (χ0) is 59.5. The van der Waals surface area contributed by atoms with Crippen molar-refractivity contribution < 1.29 is 17.6 Å².